The molecule has 1 saturated heterocycles. The van der Waals surface area contributed by atoms with Crippen molar-refractivity contribution in [2.75, 3.05) is 13.1 Å². The van der Waals surface area contributed by atoms with Gasteiger partial charge >= 0.3 is 0 Å². The molecule has 30 heavy (non-hydrogen) atoms. The molecule has 1 atom stereocenters. The Hall–Kier alpha value is -2.91. The van der Waals surface area contributed by atoms with E-state index in [4.69, 9.17) is 5.73 Å². The lowest BCUT2D eigenvalue weighted by atomic mass is 9.64. The van der Waals surface area contributed by atoms with E-state index < -0.39 is 5.41 Å². The highest BCUT2D eigenvalue weighted by atomic mass is 16.1. The third-order valence-electron chi connectivity index (χ3n) is 6.92. The number of hydrogen-bond acceptors (Lipinski definition) is 2. The number of benzene rings is 3. The lowest BCUT2D eigenvalue weighted by Crippen LogP contribution is -2.50. The third kappa shape index (κ3) is 3.33. The second-order valence-corrected chi connectivity index (χ2v) is 8.76. The van der Waals surface area contributed by atoms with Crippen molar-refractivity contribution in [3.8, 4) is 0 Å². The molecule has 2 N–H and O–H groups in total. The fourth-order valence-electron chi connectivity index (χ4n) is 5.18. The zero-order valence-electron chi connectivity index (χ0n) is 17.8. The van der Waals surface area contributed by atoms with E-state index in [1.54, 1.807) is 0 Å². The first-order valence-electron chi connectivity index (χ1n) is 10.7. The number of primary amides is 1. The normalized spacial score (nSPS) is 17.7. The molecule has 0 spiro atoms. The fraction of sp³-hybridized carbons (Fsp3) is 0.296. The monoisotopic (exact) mass is 398 g/mol. The van der Waals surface area contributed by atoms with Gasteiger partial charge in [-0.1, -0.05) is 91.0 Å². The molecule has 4 rings (SSSR count). The van der Waals surface area contributed by atoms with E-state index in [1.807, 2.05) is 60.7 Å². The molecule has 154 valence electrons. The Morgan fingerprint density at radius 1 is 0.800 bits per heavy atom. The van der Waals surface area contributed by atoms with Gasteiger partial charge in [-0.2, -0.15) is 0 Å². The zero-order chi connectivity index (χ0) is 21.2. The van der Waals surface area contributed by atoms with Gasteiger partial charge in [-0.15, -0.1) is 0 Å². The average Bonchev–Trinajstić information content (AvgIpc) is 3.27. The summed E-state index contributed by atoms with van der Waals surface area (Å²) in [5.41, 5.74) is 8.51. The van der Waals surface area contributed by atoms with Crippen molar-refractivity contribution in [2.24, 2.45) is 11.7 Å². The van der Waals surface area contributed by atoms with Crippen LogP contribution in [0.5, 0.6) is 0 Å². The van der Waals surface area contributed by atoms with E-state index in [1.165, 1.54) is 5.56 Å². The van der Waals surface area contributed by atoms with Crippen LogP contribution < -0.4 is 5.73 Å². The minimum atomic E-state index is -0.843. The van der Waals surface area contributed by atoms with E-state index in [0.717, 1.165) is 30.6 Å². The van der Waals surface area contributed by atoms with E-state index in [-0.39, 0.29) is 17.4 Å². The summed E-state index contributed by atoms with van der Waals surface area (Å²) < 4.78 is 0. The number of hydrogen-bond donors (Lipinski definition) is 1. The average molecular weight is 399 g/mol. The molecule has 3 nitrogen and oxygen atoms in total. The number of nitrogens with two attached hydrogens (primary N) is 1. The first-order valence-corrected chi connectivity index (χ1v) is 10.7. The summed E-state index contributed by atoms with van der Waals surface area (Å²) in [6, 6.07) is 30.7. The number of amides is 1. The molecular weight excluding hydrogens is 368 g/mol. The van der Waals surface area contributed by atoms with E-state index >= 15 is 0 Å². The summed E-state index contributed by atoms with van der Waals surface area (Å²) in [6.45, 7) is 6.28. The van der Waals surface area contributed by atoms with Crippen LogP contribution in [0.4, 0.5) is 0 Å². The van der Waals surface area contributed by atoms with Crippen LogP contribution in [0.1, 0.15) is 37.0 Å². The van der Waals surface area contributed by atoms with Crippen molar-refractivity contribution in [1.29, 1.82) is 0 Å². The molecule has 3 aromatic rings. The summed E-state index contributed by atoms with van der Waals surface area (Å²) in [4.78, 5) is 15.7. The SMILES string of the molecule is CC(C)(c1ccccc1)N1CCC(C(C(N)=O)(c2ccccc2)c2ccccc2)C1. The fourth-order valence-corrected chi connectivity index (χ4v) is 5.18. The van der Waals surface area contributed by atoms with Crippen LogP contribution in [0.3, 0.4) is 0 Å². The first kappa shape index (κ1) is 20.4. The van der Waals surface area contributed by atoms with Gasteiger partial charge in [0.15, 0.2) is 0 Å². The number of rotatable bonds is 6. The minimum Gasteiger partial charge on any atom is -0.369 e. The van der Waals surface area contributed by atoms with Crippen LogP contribution in [0.25, 0.3) is 0 Å². The van der Waals surface area contributed by atoms with Gasteiger partial charge in [0.1, 0.15) is 5.41 Å². The summed E-state index contributed by atoms with van der Waals surface area (Å²) in [5.74, 6) is -0.174. The third-order valence-corrected chi connectivity index (χ3v) is 6.92. The molecule has 0 aromatic heterocycles. The quantitative estimate of drug-likeness (QED) is 0.653. The van der Waals surface area contributed by atoms with Crippen LogP contribution in [-0.4, -0.2) is 23.9 Å². The van der Waals surface area contributed by atoms with Gasteiger partial charge in [-0.3, -0.25) is 9.69 Å². The van der Waals surface area contributed by atoms with Crippen LogP contribution in [0, 0.1) is 5.92 Å². The van der Waals surface area contributed by atoms with Gasteiger partial charge in [-0.05, 0) is 49.4 Å². The Labute approximate surface area is 179 Å². The summed E-state index contributed by atoms with van der Waals surface area (Å²) in [7, 11) is 0. The lowest BCUT2D eigenvalue weighted by Gasteiger charge is -2.40. The number of nitrogens with zero attached hydrogens (tertiary/aromatic N) is 1. The maximum Gasteiger partial charge on any atom is 0.232 e. The largest absolute Gasteiger partial charge is 0.369 e. The second kappa shape index (κ2) is 8.08. The van der Waals surface area contributed by atoms with Crippen LogP contribution in [-0.2, 0) is 15.7 Å². The molecule has 1 aliphatic rings. The standard InChI is InChI=1S/C27H30N2O/c1-26(2,21-12-6-3-7-13-21)29-19-18-24(20-29)27(25(28)30,22-14-8-4-9-15-22)23-16-10-5-11-17-23/h3-17,24H,18-20H2,1-2H3,(H2,28,30). The van der Waals surface area contributed by atoms with E-state index in [2.05, 4.69) is 49.1 Å². The minimum absolute atomic E-state index is 0.0998. The molecule has 0 bridgehead atoms. The van der Waals surface area contributed by atoms with Gasteiger partial charge in [-0.25, -0.2) is 0 Å². The van der Waals surface area contributed by atoms with Gasteiger partial charge in [0, 0.05) is 12.1 Å². The Bertz CT molecular complexity index is 944. The van der Waals surface area contributed by atoms with Crippen molar-refractivity contribution >= 4 is 5.91 Å². The molecule has 1 heterocycles. The van der Waals surface area contributed by atoms with Crippen molar-refractivity contribution in [2.45, 2.75) is 31.2 Å². The molecule has 1 aliphatic heterocycles. The highest BCUT2D eigenvalue weighted by molar-refractivity contribution is 5.91. The topological polar surface area (TPSA) is 46.3 Å². The first-order chi connectivity index (χ1) is 14.5. The Kier molecular flexibility index (Phi) is 5.48. The molecular formula is C27H30N2O. The number of carbonyl (C=O) groups excluding carboxylic acids is 1. The van der Waals surface area contributed by atoms with Gasteiger partial charge in [0.05, 0.1) is 0 Å². The Morgan fingerprint density at radius 2 is 1.23 bits per heavy atom. The highest BCUT2D eigenvalue weighted by Crippen LogP contribution is 2.45. The number of likely N-dealkylation sites (tertiary alicyclic amines) is 1. The molecule has 3 heteroatoms. The molecule has 1 fully saturated rings. The molecule has 0 saturated carbocycles. The second-order valence-electron chi connectivity index (χ2n) is 8.76. The van der Waals surface area contributed by atoms with Gasteiger partial charge < -0.3 is 5.73 Å². The van der Waals surface area contributed by atoms with Crippen molar-refractivity contribution in [3.05, 3.63) is 108 Å². The molecule has 0 radical (unpaired) electrons. The van der Waals surface area contributed by atoms with E-state index in [9.17, 15) is 4.79 Å². The summed E-state index contributed by atoms with van der Waals surface area (Å²) in [6.07, 6.45) is 0.920. The van der Waals surface area contributed by atoms with Crippen molar-refractivity contribution < 1.29 is 4.79 Å². The zero-order valence-corrected chi connectivity index (χ0v) is 17.8. The van der Waals surface area contributed by atoms with Crippen molar-refractivity contribution in [1.82, 2.24) is 4.90 Å². The lowest BCUT2D eigenvalue weighted by molar-refractivity contribution is -0.123. The summed E-state index contributed by atoms with van der Waals surface area (Å²) >= 11 is 0. The van der Waals surface area contributed by atoms with E-state index in [0.29, 0.717) is 0 Å². The van der Waals surface area contributed by atoms with Gasteiger partial charge in [0.25, 0.3) is 0 Å². The van der Waals surface area contributed by atoms with Crippen molar-refractivity contribution in [3.63, 3.8) is 0 Å². The van der Waals surface area contributed by atoms with Crippen LogP contribution in [0.15, 0.2) is 91.0 Å². The predicted octanol–water partition coefficient (Wildman–Crippen LogP) is 4.72. The molecule has 1 amide bonds. The van der Waals surface area contributed by atoms with Crippen LogP contribution >= 0.6 is 0 Å². The smallest absolute Gasteiger partial charge is 0.232 e. The predicted molar refractivity (Wildman–Crippen MR) is 122 cm³/mol. The maximum absolute atomic E-state index is 13.2. The Balaban J connectivity index is 1.77. The Morgan fingerprint density at radius 3 is 1.67 bits per heavy atom. The molecule has 3 aromatic carbocycles. The van der Waals surface area contributed by atoms with Crippen LogP contribution in [0.2, 0.25) is 0 Å². The molecule has 0 aliphatic carbocycles. The summed E-state index contributed by atoms with van der Waals surface area (Å²) in [5, 5.41) is 0. The van der Waals surface area contributed by atoms with Gasteiger partial charge in [0.2, 0.25) is 5.91 Å². The molecule has 1 unspecified atom stereocenters. The maximum atomic E-state index is 13.2. The highest BCUT2D eigenvalue weighted by Gasteiger charge is 2.51. The number of carbonyl (C=O) groups is 1.